The fourth-order valence-corrected chi connectivity index (χ4v) is 2.91. The van der Waals surface area contributed by atoms with Crippen molar-refractivity contribution in [2.24, 2.45) is 0 Å². The van der Waals surface area contributed by atoms with Gasteiger partial charge in [-0.15, -0.1) is 0 Å². The topological polar surface area (TPSA) is 78.4 Å². The molecule has 5 nitrogen and oxygen atoms in total. The van der Waals surface area contributed by atoms with E-state index >= 15 is 0 Å². The number of anilines is 2. The summed E-state index contributed by atoms with van der Waals surface area (Å²) in [5.74, 6) is 1.18. The molecule has 2 aliphatic carbocycles. The second kappa shape index (κ2) is 5.92. The molecular formula is C16H15F3N2O3S. The van der Waals surface area contributed by atoms with Crippen molar-refractivity contribution in [3.63, 3.8) is 0 Å². The van der Waals surface area contributed by atoms with Crippen LogP contribution in [-0.2, 0) is 10.1 Å². The van der Waals surface area contributed by atoms with Gasteiger partial charge < -0.3 is 10.6 Å². The summed E-state index contributed by atoms with van der Waals surface area (Å²) in [6, 6.07) is 8.35. The number of alkyl halides is 3. The number of nitrogens with one attached hydrogen (secondary N) is 2. The average molecular weight is 372 g/mol. The van der Waals surface area contributed by atoms with Crippen LogP contribution in [0.3, 0.4) is 0 Å². The minimum absolute atomic E-state index is 1.11. The maximum absolute atomic E-state index is 10.7. The Morgan fingerprint density at radius 3 is 1.96 bits per heavy atom. The van der Waals surface area contributed by atoms with Crippen molar-refractivity contribution in [2.45, 2.75) is 25.3 Å². The van der Waals surface area contributed by atoms with E-state index in [1.54, 1.807) is 5.57 Å². The lowest BCUT2D eigenvalue weighted by Gasteiger charge is -2.09. The average Bonchev–Trinajstić information content (AvgIpc) is 3.17. The van der Waals surface area contributed by atoms with Crippen LogP contribution in [0.2, 0.25) is 0 Å². The van der Waals surface area contributed by atoms with Crippen molar-refractivity contribution < 1.29 is 26.1 Å². The van der Waals surface area contributed by atoms with E-state index in [1.807, 2.05) is 0 Å². The molecule has 2 bridgehead atoms. The lowest BCUT2D eigenvalue weighted by molar-refractivity contribution is -0.0510. The van der Waals surface area contributed by atoms with E-state index in [0.29, 0.717) is 0 Å². The van der Waals surface area contributed by atoms with E-state index in [1.165, 1.54) is 33.9 Å². The molecule has 1 aromatic carbocycles. The summed E-state index contributed by atoms with van der Waals surface area (Å²) in [4.78, 5) is 0. The third-order valence-corrected chi connectivity index (χ3v) is 4.76. The smallest absolute Gasteiger partial charge is 0.340 e. The first kappa shape index (κ1) is 17.6. The molecule has 3 aliphatic rings. The van der Waals surface area contributed by atoms with Gasteiger partial charge in [0, 0.05) is 5.57 Å². The molecule has 0 amide bonds. The second-order valence-corrected chi connectivity index (χ2v) is 7.29. The minimum Gasteiger partial charge on any atom is -0.340 e. The van der Waals surface area contributed by atoms with Gasteiger partial charge in [0.25, 0.3) is 0 Å². The normalized spacial score (nSPS) is 18.4. The zero-order chi connectivity index (χ0) is 18.4. The monoisotopic (exact) mass is 372 g/mol. The minimum atomic E-state index is -5.84. The van der Waals surface area contributed by atoms with Crippen molar-refractivity contribution in [3.8, 4) is 0 Å². The molecule has 0 atom stereocenters. The molecule has 0 unspecified atom stereocenters. The Bertz CT molecular complexity index is 901. The number of halogens is 3. The molecule has 1 heterocycles. The van der Waals surface area contributed by atoms with Gasteiger partial charge in [-0.05, 0) is 37.5 Å². The molecule has 4 rings (SSSR count). The summed E-state index contributed by atoms with van der Waals surface area (Å²) in [6.07, 6.45) is 4.60. The Morgan fingerprint density at radius 1 is 1.08 bits per heavy atom. The van der Waals surface area contributed by atoms with E-state index in [2.05, 4.69) is 47.9 Å². The van der Waals surface area contributed by atoms with Crippen LogP contribution in [0.25, 0.3) is 0 Å². The van der Waals surface area contributed by atoms with E-state index in [0.717, 1.165) is 12.8 Å². The standard InChI is InChI=1S/C15H14N2.CHF3O3S/c1-9-6-11-7-10(9)8-12(11)15-16-13-4-2-3-5-14(13)17-15;2-1(3,4)8(5,6)7/h2-6,16-17H,7-8H2,1H3;(H,5,6,7). The van der Waals surface area contributed by atoms with Crippen LogP contribution >= 0.6 is 0 Å². The van der Waals surface area contributed by atoms with Crippen LogP contribution in [0.15, 0.2) is 58.5 Å². The summed E-state index contributed by atoms with van der Waals surface area (Å²) in [7, 11) is -5.84. The zero-order valence-electron chi connectivity index (χ0n) is 13.1. The highest BCUT2D eigenvalue weighted by Gasteiger charge is 2.44. The molecular weight excluding hydrogens is 357 g/mol. The zero-order valence-corrected chi connectivity index (χ0v) is 13.9. The van der Waals surface area contributed by atoms with Crippen LogP contribution in [0.4, 0.5) is 24.5 Å². The molecule has 9 heteroatoms. The largest absolute Gasteiger partial charge is 0.522 e. The van der Waals surface area contributed by atoms with Crippen LogP contribution in [-0.4, -0.2) is 18.5 Å². The highest BCUT2D eigenvalue weighted by molar-refractivity contribution is 7.86. The predicted octanol–water partition coefficient (Wildman–Crippen LogP) is 4.18. The lowest BCUT2D eigenvalue weighted by Crippen LogP contribution is -2.21. The van der Waals surface area contributed by atoms with Gasteiger partial charge in [-0.2, -0.15) is 21.6 Å². The molecule has 3 N–H and O–H groups in total. The van der Waals surface area contributed by atoms with Gasteiger partial charge in [0.15, 0.2) is 0 Å². The first-order valence-corrected chi connectivity index (χ1v) is 8.80. The Labute approximate surface area is 142 Å². The molecule has 0 radical (unpaired) electrons. The Morgan fingerprint density at radius 2 is 1.60 bits per heavy atom. The molecule has 25 heavy (non-hydrogen) atoms. The van der Waals surface area contributed by atoms with E-state index in [4.69, 9.17) is 13.0 Å². The van der Waals surface area contributed by atoms with Crippen LogP contribution in [0.5, 0.6) is 0 Å². The van der Waals surface area contributed by atoms with Crippen molar-refractivity contribution in [2.75, 3.05) is 10.6 Å². The highest BCUT2D eigenvalue weighted by atomic mass is 32.2. The number of benzene rings is 1. The van der Waals surface area contributed by atoms with Gasteiger partial charge >= 0.3 is 15.6 Å². The van der Waals surface area contributed by atoms with E-state index in [9.17, 15) is 13.2 Å². The molecule has 0 aromatic heterocycles. The number of para-hydroxylation sites is 2. The molecule has 1 aromatic rings. The van der Waals surface area contributed by atoms with Gasteiger partial charge in [-0.25, -0.2) is 0 Å². The molecule has 1 saturated carbocycles. The van der Waals surface area contributed by atoms with Gasteiger partial charge in [0.05, 0.1) is 11.4 Å². The van der Waals surface area contributed by atoms with Gasteiger partial charge in [-0.1, -0.05) is 29.4 Å². The number of rotatable bonds is 0. The number of allylic oxidation sites excluding steroid dienone is 5. The lowest BCUT2D eigenvalue weighted by atomic mass is 10.0. The predicted molar refractivity (Wildman–Crippen MR) is 88.3 cm³/mol. The van der Waals surface area contributed by atoms with Gasteiger partial charge in [-0.3, -0.25) is 4.55 Å². The third kappa shape index (κ3) is 3.42. The first-order valence-electron chi connectivity index (χ1n) is 7.36. The maximum Gasteiger partial charge on any atom is 0.522 e. The number of hydrogen-bond acceptors (Lipinski definition) is 4. The number of hydrogen-bond donors (Lipinski definition) is 3. The highest BCUT2D eigenvalue weighted by Crippen LogP contribution is 2.45. The fraction of sp³-hybridized carbons (Fsp3) is 0.250. The molecule has 0 spiro atoms. The molecule has 134 valence electrons. The molecule has 1 aliphatic heterocycles. The summed E-state index contributed by atoms with van der Waals surface area (Å²) >= 11 is 0. The van der Waals surface area contributed by atoms with Crippen molar-refractivity contribution in [1.82, 2.24) is 0 Å². The van der Waals surface area contributed by atoms with Gasteiger partial charge in [0.2, 0.25) is 0 Å². The fourth-order valence-electron chi connectivity index (χ4n) is 2.91. The number of fused-ring (bicyclic) bond motifs is 3. The Balaban J connectivity index is 0.000000197. The van der Waals surface area contributed by atoms with Crippen molar-refractivity contribution in [3.05, 3.63) is 58.5 Å². The Kier molecular flexibility index (Phi) is 4.16. The second-order valence-electron chi connectivity index (χ2n) is 5.88. The van der Waals surface area contributed by atoms with Gasteiger partial charge in [0.1, 0.15) is 5.82 Å². The van der Waals surface area contributed by atoms with Crippen LogP contribution in [0, 0.1) is 0 Å². The Hall–Kier alpha value is -2.26. The van der Waals surface area contributed by atoms with Crippen molar-refractivity contribution in [1.29, 1.82) is 0 Å². The summed E-state index contributed by atoms with van der Waals surface area (Å²) in [5.41, 5.74) is 2.82. The molecule has 1 fully saturated rings. The SMILES string of the molecule is CC1=C2CC(=C1)C(=C1Nc3ccccc3N1)C2.O=S(=O)(O)C(F)(F)F. The molecule has 0 saturated heterocycles. The third-order valence-electron chi connectivity index (χ3n) is 4.17. The van der Waals surface area contributed by atoms with Crippen LogP contribution in [0.1, 0.15) is 19.8 Å². The maximum atomic E-state index is 10.7. The van der Waals surface area contributed by atoms with Crippen LogP contribution < -0.4 is 10.6 Å². The summed E-state index contributed by atoms with van der Waals surface area (Å²) in [6.45, 7) is 2.22. The first-order chi connectivity index (χ1) is 11.6. The summed E-state index contributed by atoms with van der Waals surface area (Å²) < 4.78 is 57.5. The van der Waals surface area contributed by atoms with Crippen molar-refractivity contribution >= 4 is 21.5 Å². The van der Waals surface area contributed by atoms with E-state index < -0.39 is 15.6 Å². The van der Waals surface area contributed by atoms with E-state index in [-0.39, 0.29) is 0 Å². The summed E-state index contributed by atoms with van der Waals surface area (Å²) in [5, 5.41) is 6.96. The quantitative estimate of drug-likeness (QED) is 0.470.